The molecule has 9 heteroatoms. The molecule has 1 heterocycles. The van der Waals surface area contributed by atoms with Gasteiger partial charge in [0.05, 0.1) is 18.6 Å². The van der Waals surface area contributed by atoms with Crippen molar-refractivity contribution in [3.8, 4) is 5.75 Å². The van der Waals surface area contributed by atoms with E-state index in [1.54, 1.807) is 6.20 Å². The molecule has 2 amide bonds. The number of aryl methyl sites for hydroxylation is 4. The number of hydrogen-bond acceptors (Lipinski definition) is 6. The van der Waals surface area contributed by atoms with Crippen molar-refractivity contribution in [2.45, 2.75) is 95.2 Å². The number of rotatable bonds is 28. The van der Waals surface area contributed by atoms with E-state index in [9.17, 15) is 9.59 Å². The summed E-state index contributed by atoms with van der Waals surface area (Å²) in [4.78, 5) is 34.6. The smallest absolute Gasteiger partial charge is 0.234 e. The summed E-state index contributed by atoms with van der Waals surface area (Å²) in [7, 11) is 0. The molecule has 8 nitrogen and oxygen atoms in total. The fourth-order valence-corrected chi connectivity index (χ4v) is 8.59. The Bertz CT molecular complexity index is 1990. The van der Waals surface area contributed by atoms with E-state index >= 15 is 0 Å². The van der Waals surface area contributed by atoms with Crippen molar-refractivity contribution in [3.63, 3.8) is 0 Å². The van der Waals surface area contributed by atoms with Gasteiger partial charge in [-0.3, -0.25) is 19.5 Å². The van der Waals surface area contributed by atoms with E-state index in [1.807, 2.05) is 82.5 Å². The van der Waals surface area contributed by atoms with Crippen LogP contribution in [0.3, 0.4) is 0 Å². The molecule has 0 aliphatic heterocycles. The van der Waals surface area contributed by atoms with Crippen LogP contribution in [0.2, 0.25) is 0 Å². The molecule has 6 rings (SSSR count). The van der Waals surface area contributed by atoms with E-state index in [4.69, 9.17) is 7.80 Å². The highest BCUT2D eigenvalue weighted by molar-refractivity contribution is 14.1. The van der Waals surface area contributed by atoms with Crippen molar-refractivity contribution in [3.05, 3.63) is 180 Å². The highest BCUT2D eigenvalue weighted by Crippen LogP contribution is 2.24. The molecule has 0 aliphatic rings. The molecule has 0 fully saturated rings. The molecular formula is C54H63IN4O4. The van der Waals surface area contributed by atoms with Crippen molar-refractivity contribution >= 4 is 45.7 Å². The predicted octanol–water partition coefficient (Wildman–Crippen LogP) is 10.7. The lowest BCUT2D eigenvalue weighted by Gasteiger charge is -2.28. The minimum Gasteiger partial charge on any atom is -0.490 e. The Hall–Kier alpha value is -5.10. The quantitative estimate of drug-likeness (QED) is 0.0476. The summed E-state index contributed by atoms with van der Waals surface area (Å²) in [6, 6.07) is 51.8. The number of pyridine rings is 1. The zero-order valence-corrected chi connectivity index (χ0v) is 38.6. The number of halogens is 1. The summed E-state index contributed by atoms with van der Waals surface area (Å²) in [5.74, 6) is 0.522. The minimum atomic E-state index is -0.418. The lowest BCUT2D eigenvalue weighted by atomic mass is 9.99. The number of fused-ring (bicyclic) bond motifs is 1. The summed E-state index contributed by atoms with van der Waals surface area (Å²) in [6.07, 6.45) is 12.5. The summed E-state index contributed by atoms with van der Waals surface area (Å²) in [5, 5.41) is 7.71. The van der Waals surface area contributed by atoms with Crippen LogP contribution in [0.1, 0.15) is 73.6 Å². The van der Waals surface area contributed by atoms with Gasteiger partial charge in [0.15, 0.2) is 0 Å². The molecule has 1 aromatic heterocycles. The molecule has 2 N–H and O–H groups in total. The Morgan fingerprint density at radius 1 is 0.540 bits per heavy atom. The van der Waals surface area contributed by atoms with E-state index in [-0.39, 0.29) is 43.6 Å². The highest BCUT2D eigenvalue weighted by Gasteiger charge is 2.24. The second kappa shape index (κ2) is 27.2. The molecule has 6 aromatic rings. The van der Waals surface area contributed by atoms with Crippen LogP contribution < -0.4 is 15.4 Å². The molecule has 0 bridgehead atoms. The van der Waals surface area contributed by atoms with Gasteiger partial charge in [0.2, 0.25) is 11.8 Å². The molecule has 1 atom stereocenters. The van der Waals surface area contributed by atoms with Crippen molar-refractivity contribution < 1.29 is 17.4 Å². The Morgan fingerprint density at radius 3 is 1.38 bits per heavy atom. The van der Waals surface area contributed by atoms with Gasteiger partial charge >= 0.3 is 0 Å². The number of benzene rings is 5. The number of nitrogens with one attached hydrogen (secondary N) is 2. The Kier molecular flexibility index (Phi) is 20.4. The molecule has 0 aliphatic carbocycles. The number of hydrogen-bond donors (Lipinski definition) is 2. The van der Waals surface area contributed by atoms with Gasteiger partial charge in [-0.25, -0.2) is 0 Å². The number of aromatic nitrogens is 1. The molecule has 0 saturated heterocycles. The number of carbonyl (C=O) groups is 2. The Labute approximate surface area is 388 Å². The van der Waals surface area contributed by atoms with Crippen molar-refractivity contribution in [2.24, 2.45) is 0 Å². The highest BCUT2D eigenvalue weighted by atomic mass is 127. The first-order valence-electron chi connectivity index (χ1n) is 22.7. The average Bonchev–Trinajstić information content (AvgIpc) is 3.31. The molecule has 0 radical (unpaired) electrons. The first-order valence-corrected chi connectivity index (χ1v) is 23.6. The van der Waals surface area contributed by atoms with Gasteiger partial charge in [-0.1, -0.05) is 127 Å². The third-order valence-electron chi connectivity index (χ3n) is 11.5. The van der Waals surface area contributed by atoms with E-state index in [2.05, 4.69) is 113 Å². The summed E-state index contributed by atoms with van der Waals surface area (Å²) in [5.41, 5.74) is 6.05. The second-order valence-electron chi connectivity index (χ2n) is 16.6. The summed E-state index contributed by atoms with van der Waals surface area (Å²) in [6.45, 7) is 0.678. The van der Waals surface area contributed by atoms with Gasteiger partial charge in [0, 0.05) is 30.2 Å². The van der Waals surface area contributed by atoms with Gasteiger partial charge in [-0.2, -0.15) is 0 Å². The predicted molar refractivity (Wildman–Crippen MR) is 264 cm³/mol. The summed E-state index contributed by atoms with van der Waals surface area (Å²) < 4.78 is 12.3. The van der Waals surface area contributed by atoms with Crippen LogP contribution in [-0.4, -0.2) is 66.1 Å². The van der Waals surface area contributed by atoms with Crippen LogP contribution in [0, 0.1) is 0 Å². The fraction of sp³-hybridized carbons (Fsp3) is 0.352. The van der Waals surface area contributed by atoms with Crippen LogP contribution in [0.15, 0.2) is 158 Å². The summed E-state index contributed by atoms with van der Waals surface area (Å²) >= 11 is 1.91. The maximum Gasteiger partial charge on any atom is 0.234 e. The third kappa shape index (κ3) is 17.5. The molecule has 330 valence electrons. The van der Waals surface area contributed by atoms with Gasteiger partial charge in [0.25, 0.3) is 0 Å². The largest absolute Gasteiger partial charge is 0.490 e. The van der Waals surface area contributed by atoms with Gasteiger partial charge < -0.3 is 18.4 Å². The third-order valence-corrected chi connectivity index (χ3v) is 12.2. The monoisotopic (exact) mass is 958 g/mol. The van der Waals surface area contributed by atoms with Crippen LogP contribution in [0.5, 0.6) is 5.75 Å². The van der Waals surface area contributed by atoms with Gasteiger partial charge in [0.1, 0.15) is 41.5 Å². The molecule has 5 aromatic carbocycles. The van der Waals surface area contributed by atoms with Crippen molar-refractivity contribution in [1.29, 1.82) is 0 Å². The second-order valence-corrected chi connectivity index (χ2v) is 17.1. The topological polar surface area (TPSA) is 92.8 Å². The van der Waals surface area contributed by atoms with E-state index in [1.165, 1.54) is 22.3 Å². The molecule has 0 spiro atoms. The van der Waals surface area contributed by atoms with E-state index < -0.39 is 6.10 Å². The molecular weight excluding hydrogens is 896 g/mol. The SMILES string of the molecule is O=C(CN(CC(=O)NC(CCCc1ccccc1)CCCc1ccccc1)CC(COc1cccc2ncccc12)OI)NC(CCCc1ccccc1)CCCc1ccccc1. The molecule has 0 saturated carbocycles. The van der Waals surface area contributed by atoms with Crippen molar-refractivity contribution in [1.82, 2.24) is 20.5 Å². The zero-order chi connectivity index (χ0) is 43.7. The van der Waals surface area contributed by atoms with Gasteiger partial charge in [-0.15, -0.1) is 0 Å². The number of ether oxygens (including phenoxy) is 1. The van der Waals surface area contributed by atoms with Crippen LogP contribution in [0.25, 0.3) is 10.9 Å². The van der Waals surface area contributed by atoms with Crippen LogP contribution in [-0.2, 0) is 38.3 Å². The van der Waals surface area contributed by atoms with Gasteiger partial charge in [-0.05, 0) is 124 Å². The first kappa shape index (κ1) is 47.4. The normalized spacial score (nSPS) is 11.9. The zero-order valence-electron chi connectivity index (χ0n) is 36.5. The van der Waals surface area contributed by atoms with Crippen LogP contribution >= 0.6 is 23.0 Å². The number of nitrogens with zero attached hydrogens (tertiary/aromatic N) is 2. The average molecular weight is 959 g/mol. The lowest BCUT2D eigenvalue weighted by molar-refractivity contribution is -0.126. The maximum absolute atomic E-state index is 14.1. The van der Waals surface area contributed by atoms with E-state index in [0.29, 0.717) is 12.3 Å². The van der Waals surface area contributed by atoms with E-state index in [0.717, 1.165) is 88.0 Å². The minimum absolute atomic E-state index is 0.0131. The maximum atomic E-state index is 14.1. The Morgan fingerprint density at radius 2 is 0.968 bits per heavy atom. The standard InChI is InChI=1S/C54H63IN4O4/c55-63-49(42-62-52-37-17-36-51-50(52)35-18-38-56-51)39-59(40-53(60)57-47(31-13-27-43-19-5-1-6-20-43)32-14-28-44-21-7-2-8-22-44)41-54(61)58-48(33-15-29-45-23-9-3-10-24-45)34-16-30-46-25-11-4-12-26-46/h1-12,17-26,35-38,47-49H,13-16,27-34,39-42H2,(H,57,60)(H,58,61). The van der Waals surface area contributed by atoms with Crippen molar-refractivity contribution in [2.75, 3.05) is 26.2 Å². The number of carbonyl (C=O) groups excluding carboxylic acids is 2. The van der Waals surface area contributed by atoms with Crippen LogP contribution in [0.4, 0.5) is 0 Å². The first-order chi connectivity index (χ1) is 31.0. The fourth-order valence-electron chi connectivity index (χ4n) is 8.28. The lowest BCUT2D eigenvalue weighted by Crippen LogP contribution is -2.49. The number of amides is 2. The Balaban J connectivity index is 1.12. The molecule has 1 unspecified atom stereocenters. The molecule has 63 heavy (non-hydrogen) atoms.